The fraction of sp³-hybridized carbons (Fsp3) is 0.538. The maximum Gasteiger partial charge on any atom is 0.125 e. The molecule has 3 heteroatoms. The first-order valence-electron chi connectivity index (χ1n) is 5.87. The van der Waals surface area contributed by atoms with Crippen LogP contribution in [0.2, 0.25) is 0 Å². The van der Waals surface area contributed by atoms with Crippen LogP contribution in [0.4, 0.5) is 10.1 Å². The number of hydrogen-bond donors (Lipinski definition) is 1. The predicted molar refractivity (Wildman–Crippen MR) is 65.2 cm³/mol. The molecule has 0 bridgehead atoms. The van der Waals surface area contributed by atoms with E-state index in [2.05, 4.69) is 17.1 Å². The number of anilines is 1. The minimum atomic E-state index is -0.166. The number of nitrogens with one attached hydrogen (secondary N) is 1. The molecule has 16 heavy (non-hydrogen) atoms. The fourth-order valence-corrected chi connectivity index (χ4v) is 2.38. The van der Waals surface area contributed by atoms with E-state index in [9.17, 15) is 4.39 Å². The second-order valence-electron chi connectivity index (χ2n) is 4.63. The van der Waals surface area contributed by atoms with Crippen molar-refractivity contribution in [3.63, 3.8) is 0 Å². The van der Waals surface area contributed by atoms with Crippen LogP contribution in [0.3, 0.4) is 0 Å². The van der Waals surface area contributed by atoms with Gasteiger partial charge in [-0.15, -0.1) is 0 Å². The Balaban J connectivity index is 2.14. The average molecular weight is 222 g/mol. The van der Waals surface area contributed by atoms with Crippen molar-refractivity contribution in [2.45, 2.75) is 19.4 Å². The molecule has 0 aromatic heterocycles. The number of piperidine rings is 1. The lowest BCUT2D eigenvalue weighted by atomic mass is 9.93. The summed E-state index contributed by atoms with van der Waals surface area (Å²) in [6, 6.07) is 7.27. The molecule has 1 aliphatic rings. The molecule has 1 saturated heterocycles. The molecule has 1 fully saturated rings. The molecule has 1 aromatic rings. The summed E-state index contributed by atoms with van der Waals surface area (Å²) in [5.74, 6) is 0.482. The third-order valence-corrected chi connectivity index (χ3v) is 3.50. The van der Waals surface area contributed by atoms with Gasteiger partial charge in [0.25, 0.3) is 0 Å². The molecule has 88 valence electrons. The highest BCUT2D eigenvalue weighted by molar-refractivity contribution is 5.47. The molecule has 0 radical (unpaired) electrons. The second-order valence-corrected chi connectivity index (χ2v) is 4.63. The quantitative estimate of drug-likeness (QED) is 0.825. The lowest BCUT2D eigenvalue weighted by Crippen LogP contribution is -2.49. The standard InChI is InChI=1S/C13H19FN2/c1-10-6-7-15-9-13(10)16(2)12-5-3-4-11(14)8-12/h3-5,8,10,13,15H,6-7,9H2,1-2H3. The van der Waals surface area contributed by atoms with Crippen LogP contribution in [0.1, 0.15) is 13.3 Å². The number of hydrogen-bond acceptors (Lipinski definition) is 2. The van der Waals surface area contributed by atoms with Gasteiger partial charge in [-0.25, -0.2) is 4.39 Å². The Morgan fingerprint density at radius 3 is 2.94 bits per heavy atom. The van der Waals surface area contributed by atoms with Gasteiger partial charge in [-0.1, -0.05) is 13.0 Å². The topological polar surface area (TPSA) is 15.3 Å². The third kappa shape index (κ3) is 2.35. The van der Waals surface area contributed by atoms with Crippen molar-refractivity contribution in [3.8, 4) is 0 Å². The Morgan fingerprint density at radius 1 is 1.44 bits per heavy atom. The average Bonchev–Trinajstić information content (AvgIpc) is 2.29. The Bertz CT molecular complexity index is 354. The molecule has 1 aromatic carbocycles. The highest BCUT2D eigenvalue weighted by Crippen LogP contribution is 2.23. The molecule has 0 spiro atoms. The van der Waals surface area contributed by atoms with E-state index in [0.717, 1.165) is 18.8 Å². The Labute approximate surface area is 96.5 Å². The summed E-state index contributed by atoms with van der Waals surface area (Å²) < 4.78 is 13.1. The molecule has 0 amide bonds. The highest BCUT2D eigenvalue weighted by atomic mass is 19.1. The van der Waals surface area contributed by atoms with Crippen LogP contribution >= 0.6 is 0 Å². The van der Waals surface area contributed by atoms with Crippen molar-refractivity contribution in [1.29, 1.82) is 0 Å². The minimum Gasteiger partial charge on any atom is -0.370 e. The summed E-state index contributed by atoms with van der Waals surface area (Å²) in [5.41, 5.74) is 0.959. The van der Waals surface area contributed by atoms with Crippen molar-refractivity contribution in [2.75, 3.05) is 25.0 Å². The van der Waals surface area contributed by atoms with Gasteiger partial charge in [0, 0.05) is 25.3 Å². The number of halogens is 1. The largest absolute Gasteiger partial charge is 0.370 e. The van der Waals surface area contributed by atoms with Crippen LogP contribution in [0.5, 0.6) is 0 Å². The maximum absolute atomic E-state index is 13.1. The number of rotatable bonds is 2. The van der Waals surface area contributed by atoms with Crippen molar-refractivity contribution in [2.24, 2.45) is 5.92 Å². The maximum atomic E-state index is 13.1. The van der Waals surface area contributed by atoms with Crippen LogP contribution in [-0.4, -0.2) is 26.2 Å². The van der Waals surface area contributed by atoms with Crippen LogP contribution in [-0.2, 0) is 0 Å². The highest BCUT2D eigenvalue weighted by Gasteiger charge is 2.24. The van der Waals surface area contributed by atoms with Gasteiger partial charge in [-0.2, -0.15) is 0 Å². The Hall–Kier alpha value is -1.09. The molecular formula is C13H19FN2. The number of nitrogens with zero attached hydrogens (tertiary/aromatic N) is 1. The van der Waals surface area contributed by atoms with Gasteiger partial charge in [0.2, 0.25) is 0 Å². The summed E-state index contributed by atoms with van der Waals surface area (Å²) >= 11 is 0. The van der Waals surface area contributed by atoms with Gasteiger partial charge in [0.05, 0.1) is 0 Å². The lowest BCUT2D eigenvalue weighted by Gasteiger charge is -2.38. The predicted octanol–water partition coefficient (Wildman–Crippen LogP) is 2.26. The zero-order chi connectivity index (χ0) is 11.5. The van der Waals surface area contributed by atoms with Gasteiger partial charge in [0.15, 0.2) is 0 Å². The van der Waals surface area contributed by atoms with Crippen LogP contribution in [0.25, 0.3) is 0 Å². The Kier molecular flexibility index (Phi) is 3.44. The molecule has 1 N–H and O–H groups in total. The summed E-state index contributed by atoms with van der Waals surface area (Å²) in [4.78, 5) is 2.18. The van der Waals surface area contributed by atoms with Crippen molar-refractivity contribution < 1.29 is 4.39 Å². The van der Waals surface area contributed by atoms with Gasteiger partial charge in [-0.3, -0.25) is 0 Å². The van der Waals surface area contributed by atoms with Gasteiger partial charge in [-0.05, 0) is 37.1 Å². The van der Waals surface area contributed by atoms with E-state index in [0.29, 0.717) is 12.0 Å². The van der Waals surface area contributed by atoms with Crippen molar-refractivity contribution in [1.82, 2.24) is 5.32 Å². The molecule has 1 aliphatic heterocycles. The van der Waals surface area contributed by atoms with Gasteiger partial charge in [0.1, 0.15) is 5.82 Å². The SMILES string of the molecule is CC1CCNCC1N(C)c1cccc(F)c1. The van der Waals surface area contributed by atoms with Gasteiger partial charge < -0.3 is 10.2 Å². The van der Waals surface area contributed by atoms with E-state index in [-0.39, 0.29) is 5.82 Å². The summed E-state index contributed by atoms with van der Waals surface area (Å²) in [6.07, 6.45) is 1.18. The first-order chi connectivity index (χ1) is 7.68. The smallest absolute Gasteiger partial charge is 0.125 e. The van der Waals surface area contributed by atoms with E-state index in [4.69, 9.17) is 0 Å². The van der Waals surface area contributed by atoms with Crippen molar-refractivity contribution in [3.05, 3.63) is 30.1 Å². The summed E-state index contributed by atoms with van der Waals surface area (Å²) in [7, 11) is 2.04. The minimum absolute atomic E-state index is 0.166. The van der Waals surface area contributed by atoms with E-state index in [1.807, 2.05) is 13.1 Å². The molecule has 1 heterocycles. The van der Waals surface area contributed by atoms with Crippen LogP contribution < -0.4 is 10.2 Å². The lowest BCUT2D eigenvalue weighted by molar-refractivity contribution is 0.338. The van der Waals surface area contributed by atoms with E-state index in [1.54, 1.807) is 12.1 Å². The first kappa shape index (κ1) is 11.4. The summed E-state index contributed by atoms with van der Waals surface area (Å²) in [5, 5.41) is 3.40. The van der Waals surface area contributed by atoms with Crippen LogP contribution in [0.15, 0.2) is 24.3 Å². The molecule has 2 nitrogen and oxygen atoms in total. The first-order valence-corrected chi connectivity index (χ1v) is 5.87. The molecule has 0 aliphatic carbocycles. The molecule has 2 atom stereocenters. The monoisotopic (exact) mass is 222 g/mol. The van der Waals surface area contributed by atoms with Gasteiger partial charge >= 0.3 is 0 Å². The molecule has 2 unspecified atom stereocenters. The zero-order valence-corrected chi connectivity index (χ0v) is 9.91. The Morgan fingerprint density at radius 2 is 2.25 bits per heavy atom. The zero-order valence-electron chi connectivity index (χ0n) is 9.91. The van der Waals surface area contributed by atoms with Crippen molar-refractivity contribution >= 4 is 5.69 Å². The normalized spacial score (nSPS) is 25.4. The summed E-state index contributed by atoms with van der Waals surface area (Å²) in [6.45, 7) is 4.34. The molecule has 0 saturated carbocycles. The van der Waals surface area contributed by atoms with E-state index < -0.39 is 0 Å². The van der Waals surface area contributed by atoms with E-state index in [1.165, 1.54) is 12.5 Å². The fourth-order valence-electron chi connectivity index (χ4n) is 2.38. The second kappa shape index (κ2) is 4.83. The number of benzene rings is 1. The van der Waals surface area contributed by atoms with Crippen LogP contribution in [0, 0.1) is 11.7 Å². The van der Waals surface area contributed by atoms with E-state index >= 15 is 0 Å². The number of likely N-dealkylation sites (N-methyl/N-ethyl adjacent to an activating group) is 1. The molecule has 2 rings (SSSR count). The third-order valence-electron chi connectivity index (χ3n) is 3.50. The molecular weight excluding hydrogens is 203 g/mol.